The van der Waals surface area contributed by atoms with Crippen LogP contribution in [0.25, 0.3) is 6.08 Å². The van der Waals surface area contributed by atoms with Gasteiger partial charge in [0, 0.05) is 0 Å². The van der Waals surface area contributed by atoms with Gasteiger partial charge in [0.1, 0.15) is 24.1 Å². The monoisotopic (exact) mass is 390 g/mol. The van der Waals surface area contributed by atoms with E-state index >= 15 is 0 Å². The SMILES string of the molecule is Cc1ccc(/C=C(\O)[C@@H](O)[C@@H](O)[C@@H](O)[C@@]2(O)OP3(=O)OC2(O)O3)cc1C. The summed E-state index contributed by atoms with van der Waals surface area (Å²) in [5, 5.41) is 60.0. The van der Waals surface area contributed by atoms with Crippen molar-refractivity contribution in [3.8, 4) is 0 Å². The molecular weight excluding hydrogens is 371 g/mol. The van der Waals surface area contributed by atoms with Crippen LogP contribution in [0.1, 0.15) is 16.7 Å². The average molecular weight is 390 g/mol. The molecule has 3 aliphatic rings. The molecule has 0 spiro atoms. The van der Waals surface area contributed by atoms with E-state index in [0.717, 1.165) is 17.2 Å². The lowest BCUT2D eigenvalue weighted by atomic mass is 9.96. The number of phosphoric ester groups is 1. The van der Waals surface area contributed by atoms with Crippen LogP contribution in [0.2, 0.25) is 0 Å². The molecule has 144 valence electrons. The zero-order valence-corrected chi connectivity index (χ0v) is 14.7. The van der Waals surface area contributed by atoms with Gasteiger partial charge in [-0.25, -0.2) is 18.1 Å². The first-order chi connectivity index (χ1) is 11.9. The van der Waals surface area contributed by atoms with Crippen molar-refractivity contribution in [1.29, 1.82) is 0 Å². The minimum atomic E-state index is -4.23. The predicted molar refractivity (Wildman–Crippen MR) is 85.3 cm³/mol. The normalized spacial score (nSPS) is 37.1. The summed E-state index contributed by atoms with van der Waals surface area (Å²) >= 11 is 0. The molecular formula is C15H19O10P. The summed E-state index contributed by atoms with van der Waals surface area (Å²) in [6.45, 7) is 3.74. The first kappa shape index (κ1) is 19.4. The molecule has 3 aliphatic heterocycles. The largest absolute Gasteiger partial charge is 0.509 e. The number of hydrogen-bond acceptors (Lipinski definition) is 10. The number of benzene rings is 1. The number of rotatable bonds is 5. The van der Waals surface area contributed by atoms with Gasteiger partial charge >= 0.3 is 13.8 Å². The Bertz CT molecular complexity index is 798. The summed E-state index contributed by atoms with van der Waals surface area (Å²) in [4.78, 5) is 0. The van der Waals surface area contributed by atoms with Crippen molar-refractivity contribution < 1.29 is 48.8 Å². The second-order valence-corrected chi connectivity index (χ2v) is 7.73. The Labute approximate surface area is 148 Å². The number of aliphatic hydroxyl groups excluding tert-OH is 4. The van der Waals surface area contributed by atoms with Crippen LogP contribution in [0.3, 0.4) is 0 Å². The molecule has 3 fully saturated rings. The fourth-order valence-electron chi connectivity index (χ4n) is 2.64. The van der Waals surface area contributed by atoms with Gasteiger partial charge in [-0.05, 0) is 36.6 Å². The van der Waals surface area contributed by atoms with Crippen LogP contribution in [0.5, 0.6) is 0 Å². The molecule has 3 saturated heterocycles. The summed E-state index contributed by atoms with van der Waals surface area (Å²) in [7, 11) is -4.23. The van der Waals surface area contributed by atoms with E-state index in [0.29, 0.717) is 5.56 Å². The van der Waals surface area contributed by atoms with E-state index in [4.69, 9.17) is 0 Å². The first-order valence-corrected chi connectivity index (χ1v) is 9.06. The zero-order valence-electron chi connectivity index (χ0n) is 13.8. The quantitative estimate of drug-likeness (QED) is 0.293. The third-order valence-electron chi connectivity index (χ3n) is 4.37. The highest BCUT2D eigenvalue weighted by atomic mass is 31.2. The van der Waals surface area contributed by atoms with Crippen LogP contribution in [-0.4, -0.2) is 60.7 Å². The molecule has 11 heteroatoms. The van der Waals surface area contributed by atoms with Crippen LogP contribution in [-0.2, 0) is 18.1 Å². The fraction of sp³-hybridized carbons (Fsp3) is 0.467. The van der Waals surface area contributed by atoms with Gasteiger partial charge in [0.2, 0.25) is 0 Å². The molecule has 3 heterocycles. The van der Waals surface area contributed by atoms with E-state index in [1.54, 1.807) is 18.2 Å². The van der Waals surface area contributed by atoms with E-state index in [1.165, 1.54) is 0 Å². The van der Waals surface area contributed by atoms with E-state index in [-0.39, 0.29) is 0 Å². The third-order valence-corrected chi connectivity index (χ3v) is 5.82. The summed E-state index contributed by atoms with van der Waals surface area (Å²) in [6, 6.07) is 5.17. The van der Waals surface area contributed by atoms with Crippen molar-refractivity contribution in [2.75, 3.05) is 0 Å². The summed E-state index contributed by atoms with van der Waals surface area (Å²) in [5.74, 6) is -6.81. The molecule has 4 atom stereocenters. The topological polar surface area (TPSA) is 166 Å². The fourth-order valence-corrected chi connectivity index (χ4v) is 4.16. The van der Waals surface area contributed by atoms with Crippen molar-refractivity contribution >= 4 is 13.9 Å². The van der Waals surface area contributed by atoms with E-state index < -0.39 is 43.7 Å². The highest BCUT2D eigenvalue weighted by Crippen LogP contribution is 2.76. The Kier molecular flexibility index (Phi) is 4.56. The number of hydrogen-bond donors (Lipinski definition) is 6. The van der Waals surface area contributed by atoms with Gasteiger partial charge in [0.25, 0.3) is 5.79 Å². The molecule has 0 aromatic heterocycles. The standard InChI is InChI=1S/C15H19O10P/c1-7-3-4-9(5-8(7)2)6-10(16)11(17)12(18)13(19)14(20)15(21)24-26(22,23-14)25-15/h3-6,11-13,16-21H,1-2H3/b10-6-/t11-,12-,13-,14-,15?,26?/m1/s1. The maximum atomic E-state index is 11.5. The summed E-state index contributed by atoms with van der Waals surface area (Å²) < 4.78 is 24.7. The summed E-state index contributed by atoms with van der Waals surface area (Å²) in [5.41, 5.74) is 2.45. The van der Waals surface area contributed by atoms with Crippen LogP contribution >= 0.6 is 7.82 Å². The van der Waals surface area contributed by atoms with Crippen molar-refractivity contribution in [2.24, 2.45) is 0 Å². The molecule has 0 aliphatic carbocycles. The highest BCUT2D eigenvalue weighted by Gasteiger charge is 2.82. The Morgan fingerprint density at radius 2 is 1.73 bits per heavy atom. The second-order valence-electron chi connectivity index (χ2n) is 6.29. The van der Waals surface area contributed by atoms with Crippen LogP contribution in [0, 0.1) is 13.8 Å². The van der Waals surface area contributed by atoms with Crippen LogP contribution < -0.4 is 0 Å². The van der Waals surface area contributed by atoms with Gasteiger partial charge in [0.05, 0.1) is 0 Å². The van der Waals surface area contributed by atoms with Crippen molar-refractivity contribution in [2.45, 2.75) is 43.9 Å². The van der Waals surface area contributed by atoms with E-state index in [2.05, 4.69) is 13.6 Å². The molecule has 26 heavy (non-hydrogen) atoms. The molecule has 2 bridgehead atoms. The van der Waals surface area contributed by atoms with Gasteiger partial charge in [-0.3, -0.25) is 0 Å². The lowest BCUT2D eigenvalue weighted by Gasteiger charge is -2.37. The Balaban J connectivity index is 1.78. The molecule has 0 saturated carbocycles. The molecule has 1 aromatic carbocycles. The number of aryl methyl sites for hydroxylation is 2. The van der Waals surface area contributed by atoms with Gasteiger partial charge < -0.3 is 30.6 Å². The molecule has 1 aromatic rings. The maximum absolute atomic E-state index is 11.5. The van der Waals surface area contributed by atoms with E-state index in [9.17, 15) is 35.2 Å². The number of phosphoric acid groups is 1. The molecule has 10 nitrogen and oxygen atoms in total. The lowest BCUT2D eigenvalue weighted by molar-refractivity contribution is -0.416. The maximum Gasteiger partial charge on any atom is 0.486 e. The summed E-state index contributed by atoms with van der Waals surface area (Å²) in [6.07, 6.45) is -5.60. The minimum Gasteiger partial charge on any atom is -0.509 e. The lowest BCUT2D eigenvalue weighted by Crippen LogP contribution is -2.64. The number of fused-ring (bicyclic) bond motifs is 1. The van der Waals surface area contributed by atoms with Crippen molar-refractivity contribution in [3.63, 3.8) is 0 Å². The zero-order chi connectivity index (χ0) is 19.5. The minimum absolute atomic E-state index is 0.513. The van der Waals surface area contributed by atoms with E-state index in [1.807, 2.05) is 13.8 Å². The molecule has 6 N–H and O–H groups in total. The number of aliphatic hydroxyl groups is 6. The smallest absolute Gasteiger partial charge is 0.486 e. The molecule has 0 unspecified atom stereocenters. The predicted octanol–water partition coefficient (Wildman–Crippen LogP) is -0.195. The Morgan fingerprint density at radius 3 is 2.23 bits per heavy atom. The first-order valence-electron chi connectivity index (χ1n) is 7.60. The van der Waals surface area contributed by atoms with Crippen LogP contribution in [0.15, 0.2) is 24.0 Å². The van der Waals surface area contributed by atoms with Gasteiger partial charge in [-0.2, -0.15) is 0 Å². The Hall–Kier alpha value is -1.33. The second kappa shape index (κ2) is 6.10. The average Bonchev–Trinajstić information content (AvgIpc) is 2.87. The Morgan fingerprint density at radius 1 is 1.12 bits per heavy atom. The van der Waals surface area contributed by atoms with Crippen LogP contribution in [0.4, 0.5) is 0 Å². The van der Waals surface area contributed by atoms with Crippen molar-refractivity contribution in [1.82, 2.24) is 0 Å². The van der Waals surface area contributed by atoms with Gasteiger partial charge in [-0.1, -0.05) is 18.2 Å². The molecule has 0 amide bonds. The highest BCUT2D eigenvalue weighted by molar-refractivity contribution is 7.50. The third kappa shape index (κ3) is 2.89. The van der Waals surface area contributed by atoms with Crippen molar-refractivity contribution in [3.05, 3.63) is 40.6 Å². The molecule has 4 rings (SSSR count). The molecule has 0 radical (unpaired) electrons. The van der Waals surface area contributed by atoms with Gasteiger partial charge in [0.15, 0.2) is 0 Å². The van der Waals surface area contributed by atoms with Gasteiger partial charge in [-0.15, -0.1) is 0 Å².